The predicted octanol–water partition coefficient (Wildman–Crippen LogP) is 7.92. The highest BCUT2D eigenvalue weighted by molar-refractivity contribution is 5.65. The Morgan fingerprint density at radius 2 is 1.23 bits per heavy atom. The smallest absolute Gasteiger partial charge is 0.206 e. The fraction of sp³-hybridized carbons (Fsp3) is 0.250. The van der Waals surface area contributed by atoms with E-state index in [1.54, 1.807) is 24.3 Å². The van der Waals surface area contributed by atoms with Crippen molar-refractivity contribution >= 4 is 0 Å². The van der Waals surface area contributed by atoms with Crippen molar-refractivity contribution in [3.05, 3.63) is 94.3 Å². The molecule has 0 aromatic heterocycles. The lowest BCUT2D eigenvalue weighted by Crippen LogP contribution is -2.20. The SMILES string of the molecule is CCCCCc1ccc(-c2cc(F)c(C(F)(F)c3cc(F)c(F)c(F)c3)c(F)c2)cc1. The van der Waals surface area contributed by atoms with Crippen LogP contribution in [0.25, 0.3) is 11.1 Å². The van der Waals surface area contributed by atoms with Crippen LogP contribution in [0.15, 0.2) is 48.5 Å². The number of hydrogen-bond donors (Lipinski definition) is 0. The van der Waals surface area contributed by atoms with Crippen LogP contribution in [0.3, 0.4) is 0 Å². The highest BCUT2D eigenvalue weighted by atomic mass is 19.3. The van der Waals surface area contributed by atoms with Crippen LogP contribution in [-0.2, 0) is 12.3 Å². The first-order valence-electron chi connectivity index (χ1n) is 9.76. The van der Waals surface area contributed by atoms with Gasteiger partial charge in [0, 0.05) is 5.56 Å². The van der Waals surface area contributed by atoms with Gasteiger partial charge in [0.05, 0.1) is 5.56 Å². The summed E-state index contributed by atoms with van der Waals surface area (Å²) in [5, 5.41) is 0. The van der Waals surface area contributed by atoms with E-state index in [2.05, 4.69) is 6.92 Å². The first-order chi connectivity index (χ1) is 14.6. The molecule has 0 fully saturated rings. The van der Waals surface area contributed by atoms with Gasteiger partial charge in [-0.2, -0.15) is 8.78 Å². The Kier molecular flexibility index (Phi) is 6.72. The Balaban J connectivity index is 1.95. The van der Waals surface area contributed by atoms with Crippen molar-refractivity contribution in [1.82, 2.24) is 0 Å². The second-order valence-electron chi connectivity index (χ2n) is 7.30. The molecule has 0 aliphatic rings. The van der Waals surface area contributed by atoms with Crippen LogP contribution in [-0.4, -0.2) is 0 Å². The Labute approximate surface area is 175 Å². The number of rotatable bonds is 7. The lowest BCUT2D eigenvalue weighted by Gasteiger charge is -2.20. The lowest BCUT2D eigenvalue weighted by molar-refractivity contribution is 0.0339. The van der Waals surface area contributed by atoms with Crippen LogP contribution in [0, 0.1) is 29.1 Å². The van der Waals surface area contributed by atoms with Crippen molar-refractivity contribution in [3.63, 3.8) is 0 Å². The number of halogens is 7. The molecule has 0 atom stereocenters. The van der Waals surface area contributed by atoms with Crippen LogP contribution >= 0.6 is 0 Å². The monoisotopic (exact) mass is 440 g/mol. The minimum absolute atomic E-state index is 0.0163. The van der Waals surface area contributed by atoms with Gasteiger partial charge in [0.25, 0.3) is 0 Å². The Hall–Kier alpha value is -2.83. The third kappa shape index (κ3) is 4.75. The van der Waals surface area contributed by atoms with Gasteiger partial charge in [-0.3, -0.25) is 0 Å². The summed E-state index contributed by atoms with van der Waals surface area (Å²) in [4.78, 5) is 0. The minimum Gasteiger partial charge on any atom is -0.206 e. The molecule has 0 radical (unpaired) electrons. The minimum atomic E-state index is -4.43. The van der Waals surface area contributed by atoms with Gasteiger partial charge >= 0.3 is 5.92 Å². The third-order valence-electron chi connectivity index (χ3n) is 5.06. The summed E-state index contributed by atoms with van der Waals surface area (Å²) in [6.07, 6.45) is 4.01. The average Bonchev–Trinajstić information content (AvgIpc) is 2.71. The fourth-order valence-electron chi connectivity index (χ4n) is 3.36. The van der Waals surface area contributed by atoms with E-state index in [1.165, 1.54) is 0 Å². The van der Waals surface area contributed by atoms with E-state index in [9.17, 15) is 30.7 Å². The van der Waals surface area contributed by atoms with Gasteiger partial charge in [0.2, 0.25) is 0 Å². The van der Waals surface area contributed by atoms with E-state index in [1.807, 2.05) is 0 Å². The quantitative estimate of drug-likeness (QED) is 0.199. The molecule has 0 aliphatic heterocycles. The van der Waals surface area contributed by atoms with Crippen molar-refractivity contribution in [1.29, 1.82) is 0 Å². The summed E-state index contributed by atoms with van der Waals surface area (Å²) in [6, 6.07) is 8.37. The molecule has 0 heterocycles. The van der Waals surface area contributed by atoms with Gasteiger partial charge in [-0.15, -0.1) is 0 Å². The molecule has 0 nitrogen and oxygen atoms in total. The zero-order valence-electron chi connectivity index (χ0n) is 16.6. The molecule has 3 rings (SSSR count). The van der Waals surface area contributed by atoms with Crippen molar-refractivity contribution in [2.24, 2.45) is 0 Å². The van der Waals surface area contributed by atoms with E-state index in [-0.39, 0.29) is 17.7 Å². The van der Waals surface area contributed by atoms with E-state index in [4.69, 9.17) is 0 Å². The summed E-state index contributed by atoms with van der Waals surface area (Å²) in [5.41, 5.74) is -1.57. The molecule has 0 N–H and O–H groups in total. The van der Waals surface area contributed by atoms with Crippen molar-refractivity contribution in [3.8, 4) is 11.1 Å². The molecule has 0 saturated heterocycles. The van der Waals surface area contributed by atoms with Gasteiger partial charge < -0.3 is 0 Å². The van der Waals surface area contributed by atoms with E-state index in [0.717, 1.165) is 43.4 Å². The number of benzene rings is 3. The Morgan fingerprint density at radius 1 is 0.677 bits per heavy atom. The number of alkyl halides is 2. The summed E-state index contributed by atoms with van der Waals surface area (Å²) >= 11 is 0. The van der Waals surface area contributed by atoms with E-state index < -0.39 is 46.1 Å². The molecule has 0 saturated carbocycles. The molecule has 0 aliphatic carbocycles. The zero-order chi connectivity index (χ0) is 22.8. The highest BCUT2D eigenvalue weighted by Crippen LogP contribution is 2.41. The van der Waals surface area contributed by atoms with Crippen LogP contribution in [0.5, 0.6) is 0 Å². The van der Waals surface area contributed by atoms with Gasteiger partial charge in [0.1, 0.15) is 11.6 Å². The first-order valence-corrected chi connectivity index (χ1v) is 9.76. The maximum Gasteiger partial charge on any atom is 0.304 e. The molecule has 31 heavy (non-hydrogen) atoms. The highest BCUT2D eigenvalue weighted by Gasteiger charge is 2.41. The van der Waals surface area contributed by atoms with Crippen molar-refractivity contribution in [2.75, 3.05) is 0 Å². The normalized spacial score (nSPS) is 11.7. The van der Waals surface area contributed by atoms with Gasteiger partial charge in [-0.25, -0.2) is 22.0 Å². The molecule has 0 unspecified atom stereocenters. The topological polar surface area (TPSA) is 0 Å². The fourth-order valence-corrected chi connectivity index (χ4v) is 3.36. The van der Waals surface area contributed by atoms with Gasteiger partial charge in [-0.05, 0) is 53.8 Å². The molecule has 3 aromatic rings. The Morgan fingerprint density at radius 3 is 1.74 bits per heavy atom. The van der Waals surface area contributed by atoms with Crippen LogP contribution in [0.1, 0.15) is 42.9 Å². The van der Waals surface area contributed by atoms with Gasteiger partial charge in [0.15, 0.2) is 17.5 Å². The summed E-state index contributed by atoms with van der Waals surface area (Å²) in [5.74, 6) is -13.3. The Bertz CT molecular complexity index is 1030. The molecule has 0 amide bonds. The van der Waals surface area contributed by atoms with Crippen LogP contribution in [0.4, 0.5) is 30.7 Å². The maximum absolute atomic E-state index is 14.7. The second kappa shape index (κ2) is 9.12. The largest absolute Gasteiger partial charge is 0.304 e. The van der Waals surface area contributed by atoms with Crippen molar-refractivity contribution in [2.45, 2.75) is 38.5 Å². The van der Waals surface area contributed by atoms with E-state index in [0.29, 0.717) is 5.56 Å². The second-order valence-corrected chi connectivity index (χ2v) is 7.30. The first kappa shape index (κ1) is 22.8. The molecular weight excluding hydrogens is 421 g/mol. The lowest BCUT2D eigenvalue weighted by atomic mass is 9.95. The number of hydrogen-bond acceptors (Lipinski definition) is 0. The molecule has 0 bridgehead atoms. The van der Waals surface area contributed by atoms with Crippen LogP contribution in [0.2, 0.25) is 0 Å². The van der Waals surface area contributed by atoms with E-state index >= 15 is 0 Å². The average molecular weight is 440 g/mol. The molecule has 164 valence electrons. The summed E-state index contributed by atoms with van der Waals surface area (Å²) in [7, 11) is 0. The third-order valence-corrected chi connectivity index (χ3v) is 5.06. The van der Waals surface area contributed by atoms with Crippen LogP contribution < -0.4 is 0 Å². The molecule has 3 aromatic carbocycles. The molecule has 7 heteroatoms. The maximum atomic E-state index is 14.7. The van der Waals surface area contributed by atoms with Crippen molar-refractivity contribution < 1.29 is 30.7 Å². The number of unbranched alkanes of at least 4 members (excludes halogenated alkanes) is 2. The summed E-state index contributed by atoms with van der Waals surface area (Å²) < 4.78 is 98.3. The number of aryl methyl sites for hydroxylation is 1. The predicted molar refractivity (Wildman–Crippen MR) is 104 cm³/mol. The summed E-state index contributed by atoms with van der Waals surface area (Å²) in [6.45, 7) is 2.09. The standard InChI is InChI=1S/C24H19F7/c1-2-3-4-5-14-6-8-15(9-7-14)16-10-18(25)22(19(26)11-16)24(30,31)17-12-20(27)23(29)21(28)13-17/h6-13H,2-5H2,1H3. The molecular formula is C24H19F7. The van der Waals surface area contributed by atoms with Gasteiger partial charge in [-0.1, -0.05) is 44.0 Å². The molecule has 0 spiro atoms. The zero-order valence-corrected chi connectivity index (χ0v) is 16.6.